The van der Waals surface area contributed by atoms with Gasteiger partial charge in [-0.15, -0.1) is 0 Å². The number of carbonyl (C=O) groups is 2. The molecule has 0 atom stereocenters. The first kappa shape index (κ1) is 19.4. The Kier molecular flexibility index (Phi) is 11.4. The third kappa shape index (κ3) is 8.35. The van der Waals surface area contributed by atoms with Crippen LogP contribution in [0.1, 0.15) is 64.2 Å². The van der Waals surface area contributed by atoms with Crippen molar-refractivity contribution in [3.8, 4) is 0 Å². The third-order valence-electron chi connectivity index (χ3n) is 3.88. The van der Waals surface area contributed by atoms with Gasteiger partial charge in [-0.1, -0.05) is 38.5 Å². The van der Waals surface area contributed by atoms with Crippen LogP contribution in [0, 0.1) is 11.8 Å². The molecule has 0 N–H and O–H groups in total. The van der Waals surface area contributed by atoms with Gasteiger partial charge in [-0.25, -0.2) is 0 Å². The molecule has 2 saturated carbocycles. The molecule has 0 unspecified atom stereocenters. The van der Waals surface area contributed by atoms with Crippen molar-refractivity contribution in [2.45, 2.75) is 64.2 Å². The fraction of sp³-hybridized carbons (Fsp3) is 0.857. The van der Waals surface area contributed by atoms with Gasteiger partial charge in [0.2, 0.25) is 0 Å². The van der Waals surface area contributed by atoms with E-state index in [9.17, 15) is 9.59 Å². The van der Waals surface area contributed by atoms with Gasteiger partial charge >= 0.3 is 20.4 Å². The van der Waals surface area contributed by atoms with Crippen LogP contribution < -0.4 is 0 Å². The minimum absolute atomic E-state index is 0. The molecule has 19 heavy (non-hydrogen) atoms. The summed E-state index contributed by atoms with van der Waals surface area (Å²) >= 11 is 9.12. The minimum Gasteiger partial charge on any atom is -0.742 e. The quantitative estimate of drug-likeness (QED) is 0.533. The maximum atomic E-state index is 10.6. The molecule has 112 valence electrons. The van der Waals surface area contributed by atoms with Crippen LogP contribution in [0.5, 0.6) is 0 Å². The van der Waals surface area contributed by atoms with Crippen molar-refractivity contribution in [2.24, 2.45) is 11.8 Å². The van der Waals surface area contributed by atoms with Crippen molar-refractivity contribution in [1.82, 2.24) is 0 Å². The standard InChI is InChI=1S/2C7H12OS.Pd/c2*8-7(9)6-4-2-1-3-5-6;/h2*6H,1-5H2,(H,8,9);/q;;+2/p-2. The number of hydrogen-bond acceptors (Lipinski definition) is 4. The van der Waals surface area contributed by atoms with E-state index in [4.69, 9.17) is 0 Å². The fourth-order valence-corrected chi connectivity index (χ4v) is 3.15. The van der Waals surface area contributed by atoms with E-state index in [0.717, 1.165) is 25.7 Å². The van der Waals surface area contributed by atoms with Crippen LogP contribution in [0.25, 0.3) is 0 Å². The normalized spacial score (nSPS) is 20.6. The number of rotatable bonds is 2. The Morgan fingerprint density at radius 1 is 0.632 bits per heavy atom. The van der Waals surface area contributed by atoms with E-state index in [1.807, 2.05) is 0 Å². The summed E-state index contributed by atoms with van der Waals surface area (Å²) in [6.07, 6.45) is 11.6. The van der Waals surface area contributed by atoms with E-state index in [0.29, 0.717) is 0 Å². The topological polar surface area (TPSA) is 34.1 Å². The molecular formula is C14H22O2PdS2. The molecule has 0 aromatic heterocycles. The maximum absolute atomic E-state index is 10.6. The van der Waals surface area contributed by atoms with E-state index in [1.165, 1.54) is 38.5 Å². The first-order valence-corrected chi connectivity index (χ1v) is 7.84. The molecule has 0 aliphatic heterocycles. The second-order valence-electron chi connectivity index (χ2n) is 5.31. The molecule has 0 heterocycles. The molecule has 0 aromatic carbocycles. The molecule has 2 aliphatic rings. The summed E-state index contributed by atoms with van der Waals surface area (Å²) in [6, 6.07) is 0. The molecular weight excluding hydrogens is 371 g/mol. The van der Waals surface area contributed by atoms with Crippen LogP contribution in [0.4, 0.5) is 0 Å². The van der Waals surface area contributed by atoms with Crippen molar-refractivity contribution in [2.75, 3.05) is 0 Å². The van der Waals surface area contributed by atoms with Crippen LogP contribution in [-0.2, 0) is 55.3 Å². The van der Waals surface area contributed by atoms with Gasteiger partial charge in [0, 0.05) is 10.2 Å². The zero-order chi connectivity index (χ0) is 13.4. The van der Waals surface area contributed by atoms with Gasteiger partial charge in [0.15, 0.2) is 0 Å². The molecule has 0 radical (unpaired) electrons. The van der Waals surface area contributed by atoms with Crippen molar-refractivity contribution in [3.05, 3.63) is 0 Å². The Hall–Kier alpha value is 0.442. The van der Waals surface area contributed by atoms with Crippen molar-refractivity contribution in [1.29, 1.82) is 0 Å². The van der Waals surface area contributed by atoms with Crippen LogP contribution >= 0.6 is 0 Å². The minimum atomic E-state index is -0.0188. The van der Waals surface area contributed by atoms with Crippen LogP contribution in [0.2, 0.25) is 0 Å². The molecule has 2 rings (SSSR count). The molecule has 2 fully saturated rings. The smallest absolute Gasteiger partial charge is 0.742 e. The van der Waals surface area contributed by atoms with E-state index in [2.05, 4.69) is 25.3 Å². The van der Waals surface area contributed by atoms with Gasteiger partial charge in [-0.3, -0.25) is 0 Å². The Labute approximate surface area is 141 Å². The zero-order valence-electron chi connectivity index (χ0n) is 11.2. The SMILES string of the molecule is O=C([S-])C1CCCCC1.O=C([S-])C1CCCCC1.[Pd+2]. The number of carbonyl (C=O) groups excluding carboxylic acids is 2. The summed E-state index contributed by atoms with van der Waals surface area (Å²) in [6.45, 7) is 0. The van der Waals surface area contributed by atoms with Crippen molar-refractivity contribution < 1.29 is 30.0 Å². The molecule has 0 amide bonds. The molecule has 0 saturated heterocycles. The summed E-state index contributed by atoms with van der Waals surface area (Å²) in [4.78, 5) is 21.2. The van der Waals surface area contributed by atoms with E-state index in [-0.39, 0.29) is 42.5 Å². The predicted octanol–water partition coefficient (Wildman–Crippen LogP) is 3.28. The van der Waals surface area contributed by atoms with Crippen LogP contribution in [0.15, 0.2) is 0 Å². The van der Waals surface area contributed by atoms with Gasteiger partial charge in [0.25, 0.3) is 0 Å². The second-order valence-corrected chi connectivity index (χ2v) is 6.11. The second kappa shape index (κ2) is 11.1. The average molecular weight is 393 g/mol. The van der Waals surface area contributed by atoms with Crippen LogP contribution in [0.3, 0.4) is 0 Å². The third-order valence-corrected chi connectivity index (χ3v) is 4.54. The first-order chi connectivity index (χ1) is 8.61. The largest absolute Gasteiger partial charge is 2.00 e. The van der Waals surface area contributed by atoms with Gasteiger partial charge < -0.3 is 34.8 Å². The molecule has 0 bridgehead atoms. The Morgan fingerprint density at radius 2 is 0.895 bits per heavy atom. The first-order valence-electron chi connectivity index (χ1n) is 7.03. The van der Waals surface area contributed by atoms with E-state index in [1.54, 1.807) is 0 Å². The van der Waals surface area contributed by atoms with Crippen LogP contribution in [-0.4, -0.2) is 10.2 Å². The van der Waals surface area contributed by atoms with Gasteiger partial charge in [0.05, 0.1) is 0 Å². The van der Waals surface area contributed by atoms with E-state index >= 15 is 0 Å². The summed E-state index contributed by atoms with van der Waals surface area (Å²) in [5.41, 5.74) is 0. The summed E-state index contributed by atoms with van der Waals surface area (Å²) < 4.78 is 0. The molecule has 2 aliphatic carbocycles. The summed E-state index contributed by atoms with van der Waals surface area (Å²) in [5.74, 6) is 0.461. The van der Waals surface area contributed by atoms with E-state index < -0.39 is 0 Å². The van der Waals surface area contributed by atoms with Gasteiger partial charge in [0.1, 0.15) is 0 Å². The summed E-state index contributed by atoms with van der Waals surface area (Å²) in [5, 5.41) is -0.0376. The molecule has 0 aromatic rings. The van der Waals surface area contributed by atoms with Crippen molar-refractivity contribution in [3.63, 3.8) is 0 Å². The monoisotopic (exact) mass is 392 g/mol. The molecule has 2 nitrogen and oxygen atoms in total. The summed E-state index contributed by atoms with van der Waals surface area (Å²) in [7, 11) is 0. The number of hydrogen-bond donors (Lipinski definition) is 0. The molecule has 5 heteroatoms. The Balaban J connectivity index is 0.000000324. The Bertz CT molecular complexity index is 245. The van der Waals surface area contributed by atoms with Gasteiger partial charge in [-0.2, -0.15) is 0 Å². The predicted molar refractivity (Wildman–Crippen MR) is 77.9 cm³/mol. The Morgan fingerprint density at radius 3 is 1.05 bits per heavy atom. The van der Waals surface area contributed by atoms with Crippen molar-refractivity contribution >= 4 is 35.5 Å². The average Bonchev–Trinajstić information content (AvgIpc) is 2.41. The van der Waals surface area contributed by atoms with Gasteiger partial charge in [-0.05, 0) is 37.5 Å². The maximum Gasteiger partial charge on any atom is 2.00 e. The fourth-order valence-electron chi connectivity index (χ4n) is 2.68. The zero-order valence-corrected chi connectivity index (χ0v) is 14.4. The molecule has 0 spiro atoms.